The molecule has 5 heteroatoms. The second kappa shape index (κ2) is 7.57. The van der Waals surface area contributed by atoms with Crippen molar-refractivity contribution in [3.05, 3.63) is 72.3 Å². The largest absolute Gasteiger partial charge is 0.496 e. The zero-order valence-electron chi connectivity index (χ0n) is 13.2. The first-order valence-corrected chi connectivity index (χ1v) is 7.89. The first kappa shape index (κ1) is 16.0. The maximum absolute atomic E-state index is 5.31. The number of ether oxygens (including phenoxy) is 1. The Hall–Kier alpha value is -2.92. The summed E-state index contributed by atoms with van der Waals surface area (Å²) in [5.41, 5.74) is 4.65. The third kappa shape index (κ3) is 3.70. The molecule has 0 aliphatic heterocycles. The average Bonchev–Trinajstić information content (AvgIpc) is 2.62. The van der Waals surface area contributed by atoms with Gasteiger partial charge in [0.05, 0.1) is 13.3 Å². The molecule has 3 aromatic carbocycles. The van der Waals surface area contributed by atoms with E-state index >= 15 is 0 Å². The van der Waals surface area contributed by atoms with Gasteiger partial charge < -0.3 is 10.1 Å². The highest BCUT2D eigenvalue weighted by Crippen LogP contribution is 2.22. The van der Waals surface area contributed by atoms with Crippen molar-refractivity contribution in [2.75, 3.05) is 12.4 Å². The molecule has 0 saturated carbocycles. The summed E-state index contributed by atoms with van der Waals surface area (Å²) in [4.78, 5) is 0. The Balaban J connectivity index is 1.68. The van der Waals surface area contributed by atoms with E-state index in [2.05, 4.69) is 34.0 Å². The second-order valence-corrected chi connectivity index (χ2v) is 5.50. The van der Waals surface area contributed by atoms with Crippen molar-refractivity contribution in [3.8, 4) is 5.75 Å². The molecule has 0 radical (unpaired) electrons. The monoisotopic (exact) mass is 335 g/mol. The molecule has 0 spiro atoms. The number of nitrogens with zero attached hydrogens (tertiary/aromatic N) is 1. The van der Waals surface area contributed by atoms with E-state index in [-0.39, 0.29) is 0 Å². The zero-order valence-corrected chi connectivity index (χ0v) is 14.0. The zero-order chi connectivity index (χ0) is 16.8. The topological polar surface area (TPSA) is 45.6 Å². The van der Waals surface area contributed by atoms with Crippen LogP contribution in [0.1, 0.15) is 5.56 Å². The number of methoxy groups -OCH3 is 1. The fourth-order valence-corrected chi connectivity index (χ4v) is 2.58. The maximum atomic E-state index is 5.31. The molecule has 0 amide bonds. The number of anilines is 1. The highest BCUT2D eigenvalue weighted by molar-refractivity contribution is 7.80. The lowest BCUT2D eigenvalue weighted by Crippen LogP contribution is -2.24. The second-order valence-electron chi connectivity index (χ2n) is 5.09. The molecule has 0 saturated heterocycles. The highest BCUT2D eigenvalue weighted by atomic mass is 32.1. The van der Waals surface area contributed by atoms with Crippen LogP contribution in [0.5, 0.6) is 5.75 Å². The molecule has 0 aliphatic rings. The fourth-order valence-electron chi connectivity index (χ4n) is 2.42. The lowest BCUT2D eigenvalue weighted by molar-refractivity contribution is 0.414. The summed E-state index contributed by atoms with van der Waals surface area (Å²) in [6.45, 7) is 0. The molecular weight excluding hydrogens is 318 g/mol. The van der Waals surface area contributed by atoms with Crippen LogP contribution in [0.4, 0.5) is 5.69 Å². The van der Waals surface area contributed by atoms with Gasteiger partial charge in [0.1, 0.15) is 5.75 Å². The van der Waals surface area contributed by atoms with Crippen LogP contribution in [0.2, 0.25) is 0 Å². The van der Waals surface area contributed by atoms with Crippen molar-refractivity contribution in [3.63, 3.8) is 0 Å². The Morgan fingerprint density at radius 1 is 1.00 bits per heavy atom. The molecule has 2 N–H and O–H groups in total. The van der Waals surface area contributed by atoms with Gasteiger partial charge in [0.2, 0.25) is 0 Å². The van der Waals surface area contributed by atoms with Gasteiger partial charge in [-0.3, -0.25) is 5.43 Å². The van der Waals surface area contributed by atoms with Gasteiger partial charge in [-0.15, -0.1) is 0 Å². The van der Waals surface area contributed by atoms with Gasteiger partial charge in [-0.05, 0) is 35.8 Å². The van der Waals surface area contributed by atoms with Crippen molar-refractivity contribution in [1.29, 1.82) is 0 Å². The van der Waals surface area contributed by atoms with Crippen LogP contribution < -0.4 is 15.5 Å². The summed E-state index contributed by atoms with van der Waals surface area (Å²) < 4.78 is 5.28. The molecule has 0 bridgehead atoms. The third-order valence-electron chi connectivity index (χ3n) is 3.55. The summed E-state index contributed by atoms with van der Waals surface area (Å²) in [5.74, 6) is 0.760. The molecule has 0 fully saturated rings. The number of hydrogen-bond acceptors (Lipinski definition) is 3. The van der Waals surface area contributed by atoms with E-state index < -0.39 is 0 Å². The van der Waals surface area contributed by atoms with Crippen LogP contribution >= 0.6 is 12.2 Å². The van der Waals surface area contributed by atoms with Crippen LogP contribution in [0.3, 0.4) is 0 Å². The Morgan fingerprint density at radius 2 is 1.75 bits per heavy atom. The van der Waals surface area contributed by atoms with E-state index in [9.17, 15) is 0 Å². The van der Waals surface area contributed by atoms with Crippen LogP contribution in [0, 0.1) is 0 Å². The van der Waals surface area contributed by atoms with Gasteiger partial charge in [-0.2, -0.15) is 5.10 Å². The number of benzene rings is 3. The number of hydrogen-bond donors (Lipinski definition) is 2. The summed E-state index contributed by atoms with van der Waals surface area (Å²) in [6, 6.07) is 21.8. The predicted molar refractivity (Wildman–Crippen MR) is 104 cm³/mol. The van der Waals surface area contributed by atoms with Crippen molar-refractivity contribution >= 4 is 40.0 Å². The van der Waals surface area contributed by atoms with E-state index in [4.69, 9.17) is 17.0 Å². The lowest BCUT2D eigenvalue weighted by atomic mass is 10.1. The molecule has 120 valence electrons. The normalized spacial score (nSPS) is 10.7. The van der Waals surface area contributed by atoms with Gasteiger partial charge in [-0.25, -0.2) is 0 Å². The molecule has 0 heterocycles. The van der Waals surface area contributed by atoms with Crippen molar-refractivity contribution in [1.82, 2.24) is 5.43 Å². The minimum absolute atomic E-state index is 0.428. The Morgan fingerprint density at radius 3 is 2.62 bits per heavy atom. The smallest absolute Gasteiger partial charge is 0.191 e. The summed E-state index contributed by atoms with van der Waals surface area (Å²) >= 11 is 5.31. The SMILES string of the molecule is COc1ccccc1/C=N/NC(=S)Nc1cccc2ccccc12. The van der Waals surface area contributed by atoms with Crippen molar-refractivity contribution in [2.45, 2.75) is 0 Å². The molecule has 4 nitrogen and oxygen atoms in total. The third-order valence-corrected chi connectivity index (χ3v) is 3.74. The lowest BCUT2D eigenvalue weighted by Gasteiger charge is -2.10. The van der Waals surface area contributed by atoms with Crippen molar-refractivity contribution < 1.29 is 4.74 Å². The number of para-hydroxylation sites is 1. The van der Waals surface area contributed by atoms with E-state index in [1.165, 1.54) is 0 Å². The molecule has 0 atom stereocenters. The molecule has 3 aromatic rings. The van der Waals surface area contributed by atoms with E-state index in [0.29, 0.717) is 5.11 Å². The summed E-state index contributed by atoms with van der Waals surface area (Å²) in [7, 11) is 1.63. The average molecular weight is 335 g/mol. The Bertz CT molecular complexity index is 887. The first-order valence-electron chi connectivity index (χ1n) is 7.49. The molecule has 0 aromatic heterocycles. The van der Waals surface area contributed by atoms with Crippen molar-refractivity contribution in [2.24, 2.45) is 5.10 Å². The van der Waals surface area contributed by atoms with E-state index in [0.717, 1.165) is 27.8 Å². The van der Waals surface area contributed by atoms with Crippen LogP contribution in [0.15, 0.2) is 71.8 Å². The van der Waals surface area contributed by atoms with Gasteiger partial charge in [-0.1, -0.05) is 48.5 Å². The number of thiocarbonyl (C=S) groups is 1. The first-order chi connectivity index (χ1) is 11.8. The van der Waals surface area contributed by atoms with E-state index in [1.54, 1.807) is 13.3 Å². The van der Waals surface area contributed by atoms with Crippen LogP contribution in [-0.4, -0.2) is 18.4 Å². The fraction of sp³-hybridized carbons (Fsp3) is 0.0526. The maximum Gasteiger partial charge on any atom is 0.191 e. The van der Waals surface area contributed by atoms with Gasteiger partial charge >= 0.3 is 0 Å². The highest BCUT2D eigenvalue weighted by Gasteiger charge is 2.02. The van der Waals surface area contributed by atoms with Gasteiger partial charge in [0, 0.05) is 16.6 Å². The number of fused-ring (bicyclic) bond motifs is 1. The van der Waals surface area contributed by atoms with Crippen LogP contribution in [-0.2, 0) is 0 Å². The standard InChI is InChI=1S/C19H17N3OS/c1-23-18-12-5-3-8-15(18)13-20-22-19(24)21-17-11-6-9-14-7-2-4-10-16(14)17/h2-13H,1H3,(H2,21,22,24)/b20-13+. The summed E-state index contributed by atoms with van der Waals surface area (Å²) in [5, 5.41) is 10.0. The Kier molecular flexibility index (Phi) is 5.03. The molecular formula is C19H17N3OS. The molecule has 0 aliphatic carbocycles. The number of hydrazone groups is 1. The van der Waals surface area contributed by atoms with Gasteiger partial charge in [0.15, 0.2) is 5.11 Å². The van der Waals surface area contributed by atoms with Crippen LogP contribution in [0.25, 0.3) is 10.8 Å². The number of nitrogens with one attached hydrogen (secondary N) is 2. The predicted octanol–water partition coefficient (Wildman–Crippen LogP) is 4.17. The molecule has 3 rings (SSSR count). The van der Waals surface area contributed by atoms with E-state index in [1.807, 2.05) is 48.5 Å². The van der Waals surface area contributed by atoms with Gasteiger partial charge in [0.25, 0.3) is 0 Å². The minimum Gasteiger partial charge on any atom is -0.496 e. The summed E-state index contributed by atoms with van der Waals surface area (Å²) in [6.07, 6.45) is 1.68. The molecule has 0 unspecified atom stereocenters. The Labute approximate surface area is 146 Å². The molecule has 24 heavy (non-hydrogen) atoms. The minimum atomic E-state index is 0.428. The number of rotatable bonds is 4. The quantitative estimate of drug-likeness (QED) is 0.427.